The molecule has 8 heteroatoms. The molecule has 1 aromatic rings. The van der Waals surface area contributed by atoms with Crippen molar-refractivity contribution in [2.45, 2.75) is 17.4 Å². The highest BCUT2D eigenvalue weighted by Gasteiger charge is 2.37. The van der Waals surface area contributed by atoms with E-state index in [1.54, 1.807) is 6.92 Å². The Hall–Kier alpha value is -1.51. The van der Waals surface area contributed by atoms with E-state index in [1.165, 1.54) is 12.1 Å². The Bertz CT molecular complexity index is 562. The Morgan fingerprint density at radius 2 is 1.89 bits per heavy atom. The van der Waals surface area contributed by atoms with Gasteiger partial charge in [0.1, 0.15) is 0 Å². The third kappa shape index (κ3) is 2.50. The largest absolute Gasteiger partial charge is 0.377 e. The van der Waals surface area contributed by atoms with E-state index in [2.05, 4.69) is 4.72 Å². The summed E-state index contributed by atoms with van der Waals surface area (Å²) in [5.41, 5.74) is -0.743. The molecular formula is C10H12N2O5S. The van der Waals surface area contributed by atoms with Crippen LogP contribution in [0, 0.1) is 10.1 Å². The summed E-state index contributed by atoms with van der Waals surface area (Å²) in [5.74, 6) is 0. The number of hydrogen-bond acceptors (Lipinski definition) is 5. The molecule has 2 rings (SSSR count). The molecule has 1 saturated heterocycles. The Morgan fingerprint density at radius 1 is 1.33 bits per heavy atom. The molecule has 98 valence electrons. The molecule has 1 aromatic carbocycles. The molecule has 0 atom stereocenters. The van der Waals surface area contributed by atoms with Crippen LogP contribution in [-0.4, -0.2) is 32.1 Å². The quantitative estimate of drug-likeness (QED) is 0.641. The van der Waals surface area contributed by atoms with E-state index in [9.17, 15) is 18.5 Å². The number of nitrogens with one attached hydrogen (secondary N) is 1. The van der Waals surface area contributed by atoms with Gasteiger partial charge in [0.05, 0.1) is 28.6 Å². The summed E-state index contributed by atoms with van der Waals surface area (Å²) in [5, 5.41) is 10.5. The third-order valence-electron chi connectivity index (χ3n) is 2.58. The standard InChI is InChI=1S/C10H12N2O5S/c1-10(6-17-7-10)11-18(15,16)9-4-2-8(3-5-9)12(13)14/h2-5,11H,6-7H2,1H3. The fourth-order valence-electron chi connectivity index (χ4n) is 1.60. The molecule has 0 bridgehead atoms. The molecule has 0 unspecified atom stereocenters. The molecule has 1 N–H and O–H groups in total. The fourth-order valence-corrected chi connectivity index (χ4v) is 2.98. The second-order valence-electron chi connectivity index (χ2n) is 4.41. The lowest BCUT2D eigenvalue weighted by Gasteiger charge is -2.38. The zero-order chi connectivity index (χ0) is 13.4. The number of nitro benzene ring substituents is 1. The summed E-state index contributed by atoms with van der Waals surface area (Å²) < 4.78 is 31.4. The van der Waals surface area contributed by atoms with E-state index in [1.807, 2.05) is 0 Å². The van der Waals surface area contributed by atoms with Crippen molar-refractivity contribution in [1.29, 1.82) is 0 Å². The SMILES string of the molecule is CC1(NS(=O)(=O)c2ccc([N+](=O)[O-])cc2)COC1. The molecule has 0 aliphatic carbocycles. The van der Waals surface area contributed by atoms with Crippen LogP contribution in [0.15, 0.2) is 29.2 Å². The van der Waals surface area contributed by atoms with Gasteiger partial charge in [0.2, 0.25) is 10.0 Å². The molecule has 0 spiro atoms. The lowest BCUT2D eigenvalue weighted by atomic mass is 10.0. The molecular weight excluding hydrogens is 260 g/mol. The molecule has 18 heavy (non-hydrogen) atoms. The zero-order valence-electron chi connectivity index (χ0n) is 9.62. The van der Waals surface area contributed by atoms with Crippen LogP contribution in [0.2, 0.25) is 0 Å². The van der Waals surface area contributed by atoms with E-state index in [4.69, 9.17) is 4.74 Å². The van der Waals surface area contributed by atoms with Crippen molar-refractivity contribution in [3.63, 3.8) is 0 Å². The molecule has 7 nitrogen and oxygen atoms in total. The van der Waals surface area contributed by atoms with Crippen molar-refractivity contribution in [2.24, 2.45) is 0 Å². The van der Waals surface area contributed by atoms with Crippen molar-refractivity contribution in [3.8, 4) is 0 Å². The molecule has 1 heterocycles. The molecule has 0 radical (unpaired) electrons. The average molecular weight is 272 g/mol. The number of rotatable bonds is 4. The molecule has 0 saturated carbocycles. The van der Waals surface area contributed by atoms with Crippen LogP contribution < -0.4 is 4.72 Å². The minimum atomic E-state index is -3.67. The number of benzene rings is 1. The Morgan fingerprint density at radius 3 is 2.28 bits per heavy atom. The summed E-state index contributed by atoms with van der Waals surface area (Å²) in [6, 6.07) is 4.75. The van der Waals surface area contributed by atoms with E-state index in [0.29, 0.717) is 13.2 Å². The predicted molar refractivity (Wildman–Crippen MR) is 62.6 cm³/mol. The highest BCUT2D eigenvalue weighted by molar-refractivity contribution is 7.89. The minimum absolute atomic E-state index is 0.00113. The lowest BCUT2D eigenvalue weighted by molar-refractivity contribution is -0.384. The van der Waals surface area contributed by atoms with Gasteiger partial charge in [0.25, 0.3) is 5.69 Å². The van der Waals surface area contributed by atoms with E-state index >= 15 is 0 Å². The number of sulfonamides is 1. The monoisotopic (exact) mass is 272 g/mol. The van der Waals surface area contributed by atoms with Gasteiger partial charge in [-0.25, -0.2) is 13.1 Å². The van der Waals surface area contributed by atoms with E-state index in [0.717, 1.165) is 12.1 Å². The first-order chi connectivity index (χ1) is 8.32. The molecule has 1 aliphatic heterocycles. The van der Waals surface area contributed by atoms with Crippen LogP contribution in [0.4, 0.5) is 5.69 Å². The normalized spacial score (nSPS) is 18.1. The van der Waals surface area contributed by atoms with Crippen molar-refractivity contribution in [1.82, 2.24) is 4.72 Å². The lowest BCUT2D eigenvalue weighted by Crippen LogP contribution is -2.59. The third-order valence-corrected chi connectivity index (χ3v) is 4.23. The first kappa shape index (κ1) is 12.9. The number of hydrogen-bond donors (Lipinski definition) is 1. The molecule has 1 fully saturated rings. The topological polar surface area (TPSA) is 98.5 Å². The fraction of sp³-hybridized carbons (Fsp3) is 0.400. The van der Waals surface area contributed by atoms with Gasteiger partial charge in [-0.15, -0.1) is 0 Å². The Balaban J connectivity index is 2.22. The van der Waals surface area contributed by atoms with Crippen LogP contribution >= 0.6 is 0 Å². The van der Waals surface area contributed by atoms with Gasteiger partial charge in [-0.3, -0.25) is 10.1 Å². The van der Waals surface area contributed by atoms with Crippen LogP contribution in [0.1, 0.15) is 6.92 Å². The maximum Gasteiger partial charge on any atom is 0.269 e. The Labute approximate surface area is 104 Å². The van der Waals surface area contributed by atoms with Gasteiger partial charge in [-0.05, 0) is 19.1 Å². The summed E-state index contributed by atoms with van der Waals surface area (Å²) in [6.07, 6.45) is 0. The van der Waals surface area contributed by atoms with Gasteiger partial charge < -0.3 is 4.74 Å². The number of non-ortho nitro benzene ring substituents is 1. The van der Waals surface area contributed by atoms with Crippen molar-refractivity contribution in [3.05, 3.63) is 34.4 Å². The minimum Gasteiger partial charge on any atom is -0.377 e. The maximum absolute atomic E-state index is 12.0. The van der Waals surface area contributed by atoms with Crippen LogP contribution in [0.5, 0.6) is 0 Å². The predicted octanol–water partition coefficient (Wildman–Crippen LogP) is 0.662. The maximum atomic E-state index is 12.0. The van der Waals surface area contributed by atoms with Crippen molar-refractivity contribution >= 4 is 15.7 Å². The van der Waals surface area contributed by atoms with E-state index in [-0.39, 0.29) is 10.6 Å². The van der Waals surface area contributed by atoms with Crippen LogP contribution in [0.25, 0.3) is 0 Å². The second-order valence-corrected chi connectivity index (χ2v) is 6.09. The van der Waals surface area contributed by atoms with Crippen LogP contribution in [0.3, 0.4) is 0 Å². The molecule has 1 aliphatic rings. The highest BCUT2D eigenvalue weighted by Crippen LogP contribution is 2.21. The van der Waals surface area contributed by atoms with E-state index < -0.39 is 20.5 Å². The van der Waals surface area contributed by atoms with Gasteiger partial charge in [0.15, 0.2) is 0 Å². The smallest absolute Gasteiger partial charge is 0.269 e. The first-order valence-electron chi connectivity index (χ1n) is 5.19. The first-order valence-corrected chi connectivity index (χ1v) is 6.67. The summed E-state index contributed by atoms with van der Waals surface area (Å²) in [7, 11) is -3.67. The van der Waals surface area contributed by atoms with Gasteiger partial charge in [-0.2, -0.15) is 0 Å². The summed E-state index contributed by atoms with van der Waals surface area (Å²) in [6.45, 7) is 2.37. The van der Waals surface area contributed by atoms with Crippen molar-refractivity contribution < 1.29 is 18.1 Å². The van der Waals surface area contributed by atoms with Gasteiger partial charge in [-0.1, -0.05) is 0 Å². The van der Waals surface area contributed by atoms with Crippen LogP contribution in [-0.2, 0) is 14.8 Å². The zero-order valence-corrected chi connectivity index (χ0v) is 10.4. The summed E-state index contributed by atoms with van der Waals surface area (Å²) in [4.78, 5) is 9.89. The molecule has 0 amide bonds. The number of nitrogens with zero attached hydrogens (tertiary/aromatic N) is 1. The van der Waals surface area contributed by atoms with Gasteiger partial charge >= 0.3 is 0 Å². The highest BCUT2D eigenvalue weighted by atomic mass is 32.2. The Kier molecular flexibility index (Phi) is 3.09. The number of nitro groups is 1. The molecule has 0 aromatic heterocycles. The van der Waals surface area contributed by atoms with Crippen molar-refractivity contribution in [2.75, 3.05) is 13.2 Å². The second kappa shape index (κ2) is 4.30. The average Bonchev–Trinajstić information content (AvgIpc) is 2.26. The summed E-state index contributed by atoms with van der Waals surface area (Å²) >= 11 is 0. The van der Waals surface area contributed by atoms with Gasteiger partial charge in [0, 0.05) is 12.1 Å². The number of ether oxygens (including phenoxy) is 1.